The van der Waals surface area contributed by atoms with Gasteiger partial charge in [0, 0.05) is 12.8 Å². The summed E-state index contributed by atoms with van der Waals surface area (Å²) >= 11 is 0. The highest BCUT2D eigenvalue weighted by Crippen LogP contribution is 2.25. The Hall–Kier alpha value is -2.56. The van der Waals surface area contributed by atoms with Gasteiger partial charge in [0.2, 0.25) is 5.91 Å². The third-order valence-electron chi connectivity index (χ3n) is 3.58. The second-order valence-electron chi connectivity index (χ2n) is 5.49. The third-order valence-corrected chi connectivity index (χ3v) is 3.58. The monoisotopic (exact) mass is 315 g/mol. The number of nitrogens with one attached hydrogen (secondary N) is 1. The van der Waals surface area contributed by atoms with E-state index in [1.807, 2.05) is 25.1 Å². The minimum absolute atomic E-state index is 0.0357. The molecule has 0 saturated heterocycles. The van der Waals surface area contributed by atoms with Gasteiger partial charge in [-0.25, -0.2) is 0 Å². The molecule has 0 aliphatic rings. The molecule has 2 rings (SSSR count). The van der Waals surface area contributed by atoms with Gasteiger partial charge in [0.1, 0.15) is 17.3 Å². The molecular formula is C18H21NO4. The van der Waals surface area contributed by atoms with E-state index in [1.54, 1.807) is 20.1 Å². The summed E-state index contributed by atoms with van der Waals surface area (Å²) in [7, 11) is 1.56. The van der Waals surface area contributed by atoms with Gasteiger partial charge in [-0.3, -0.25) is 9.59 Å². The number of Topliss-reactive ketones (excluding diaryl/α,β-unsaturated/α-hetero) is 1. The Bertz CT molecular complexity index is 731. The third kappa shape index (κ3) is 4.22. The summed E-state index contributed by atoms with van der Waals surface area (Å²) in [5.41, 5.74) is 2.26. The van der Waals surface area contributed by atoms with E-state index in [2.05, 4.69) is 5.32 Å². The standard InChI is InChI=1S/C18H21NO4/c1-11-5-7-17(22-4)16(9-11)19-18(21)8-6-14-10-15(12(2)20)13(3)23-14/h5,7,9-10H,6,8H2,1-4H3,(H,19,21). The van der Waals surface area contributed by atoms with E-state index in [1.165, 1.54) is 6.92 Å². The van der Waals surface area contributed by atoms with Gasteiger partial charge in [0.05, 0.1) is 18.4 Å². The van der Waals surface area contributed by atoms with Crippen LogP contribution in [0.2, 0.25) is 0 Å². The lowest BCUT2D eigenvalue weighted by Gasteiger charge is -2.10. The number of rotatable bonds is 6. The van der Waals surface area contributed by atoms with Crippen molar-refractivity contribution in [2.45, 2.75) is 33.6 Å². The van der Waals surface area contributed by atoms with Crippen molar-refractivity contribution in [1.82, 2.24) is 0 Å². The zero-order chi connectivity index (χ0) is 17.0. The quantitative estimate of drug-likeness (QED) is 0.826. The summed E-state index contributed by atoms with van der Waals surface area (Å²) in [5.74, 6) is 1.68. The number of furan rings is 1. The number of carbonyl (C=O) groups excluding carboxylic acids is 2. The predicted octanol–water partition coefficient (Wildman–Crippen LogP) is 3.68. The molecule has 0 spiro atoms. The van der Waals surface area contributed by atoms with Gasteiger partial charge in [-0.15, -0.1) is 0 Å². The number of ketones is 1. The second-order valence-corrected chi connectivity index (χ2v) is 5.49. The first-order chi connectivity index (χ1) is 10.9. The van der Waals surface area contributed by atoms with Crippen LogP contribution in [0.4, 0.5) is 5.69 Å². The molecule has 0 aliphatic carbocycles. The number of amides is 1. The number of hydrogen-bond donors (Lipinski definition) is 1. The van der Waals surface area contributed by atoms with Crippen LogP contribution in [0.5, 0.6) is 5.75 Å². The fraction of sp³-hybridized carbons (Fsp3) is 0.333. The van der Waals surface area contributed by atoms with E-state index in [-0.39, 0.29) is 18.1 Å². The average Bonchev–Trinajstić information content (AvgIpc) is 2.87. The van der Waals surface area contributed by atoms with Gasteiger partial charge in [0.15, 0.2) is 5.78 Å². The van der Waals surface area contributed by atoms with E-state index in [0.29, 0.717) is 34.9 Å². The molecule has 0 atom stereocenters. The minimum Gasteiger partial charge on any atom is -0.495 e. The fourth-order valence-corrected chi connectivity index (χ4v) is 2.39. The van der Waals surface area contributed by atoms with Crippen LogP contribution in [0.15, 0.2) is 28.7 Å². The van der Waals surface area contributed by atoms with Crippen LogP contribution >= 0.6 is 0 Å². The van der Waals surface area contributed by atoms with Gasteiger partial charge >= 0.3 is 0 Å². The summed E-state index contributed by atoms with van der Waals surface area (Å²) in [6.45, 7) is 5.19. The molecule has 0 bridgehead atoms. The number of hydrogen-bond acceptors (Lipinski definition) is 4. The predicted molar refractivity (Wildman–Crippen MR) is 88.1 cm³/mol. The van der Waals surface area contributed by atoms with Crippen LogP contribution < -0.4 is 10.1 Å². The maximum absolute atomic E-state index is 12.1. The largest absolute Gasteiger partial charge is 0.495 e. The zero-order valence-electron chi connectivity index (χ0n) is 13.9. The minimum atomic E-state index is -0.132. The molecule has 5 heteroatoms. The molecule has 1 amide bonds. The lowest BCUT2D eigenvalue weighted by molar-refractivity contribution is -0.116. The molecule has 0 fully saturated rings. The Morgan fingerprint density at radius 3 is 2.57 bits per heavy atom. The maximum atomic E-state index is 12.1. The van der Waals surface area contributed by atoms with Crippen LogP contribution in [0.3, 0.4) is 0 Å². The SMILES string of the molecule is COc1ccc(C)cc1NC(=O)CCc1cc(C(C)=O)c(C)o1. The van der Waals surface area contributed by atoms with Crippen molar-refractivity contribution in [3.63, 3.8) is 0 Å². The Morgan fingerprint density at radius 1 is 1.22 bits per heavy atom. The van der Waals surface area contributed by atoms with Crippen molar-refractivity contribution in [3.05, 3.63) is 46.9 Å². The molecule has 23 heavy (non-hydrogen) atoms. The van der Waals surface area contributed by atoms with Crippen LogP contribution in [0.25, 0.3) is 0 Å². The molecule has 122 valence electrons. The lowest BCUT2D eigenvalue weighted by atomic mass is 10.1. The average molecular weight is 315 g/mol. The molecule has 5 nitrogen and oxygen atoms in total. The molecule has 0 unspecified atom stereocenters. The topological polar surface area (TPSA) is 68.5 Å². The van der Waals surface area contributed by atoms with Crippen molar-refractivity contribution >= 4 is 17.4 Å². The van der Waals surface area contributed by atoms with Gasteiger partial charge in [-0.2, -0.15) is 0 Å². The number of anilines is 1. The van der Waals surface area contributed by atoms with E-state index in [4.69, 9.17) is 9.15 Å². The molecule has 1 N–H and O–H groups in total. The molecule has 0 aliphatic heterocycles. The van der Waals surface area contributed by atoms with E-state index in [9.17, 15) is 9.59 Å². The number of benzene rings is 1. The highest BCUT2D eigenvalue weighted by atomic mass is 16.5. The van der Waals surface area contributed by atoms with Crippen LogP contribution in [0.1, 0.15) is 40.8 Å². The maximum Gasteiger partial charge on any atom is 0.224 e. The van der Waals surface area contributed by atoms with Crippen molar-refractivity contribution in [2.24, 2.45) is 0 Å². The molecule has 0 radical (unpaired) electrons. The Labute approximate surface area is 135 Å². The summed E-state index contributed by atoms with van der Waals surface area (Å²) in [6.07, 6.45) is 0.704. The van der Waals surface area contributed by atoms with E-state index in [0.717, 1.165) is 5.56 Å². The zero-order valence-corrected chi connectivity index (χ0v) is 13.9. The molecular weight excluding hydrogens is 294 g/mol. The van der Waals surface area contributed by atoms with Crippen molar-refractivity contribution in [1.29, 1.82) is 0 Å². The Morgan fingerprint density at radius 2 is 1.96 bits per heavy atom. The first-order valence-corrected chi connectivity index (χ1v) is 7.45. The van der Waals surface area contributed by atoms with Crippen LogP contribution in [-0.2, 0) is 11.2 Å². The van der Waals surface area contributed by atoms with Gasteiger partial charge in [-0.1, -0.05) is 6.07 Å². The molecule has 1 aromatic heterocycles. The highest BCUT2D eigenvalue weighted by Gasteiger charge is 2.13. The summed E-state index contributed by atoms with van der Waals surface area (Å²) in [6, 6.07) is 7.31. The fourth-order valence-electron chi connectivity index (χ4n) is 2.39. The number of methoxy groups -OCH3 is 1. The van der Waals surface area contributed by atoms with Crippen molar-refractivity contribution < 1.29 is 18.7 Å². The molecule has 2 aromatic rings. The Kier molecular flexibility index (Phi) is 5.21. The number of carbonyl (C=O) groups is 2. The summed E-state index contributed by atoms with van der Waals surface area (Å²) in [5, 5.41) is 2.84. The van der Waals surface area contributed by atoms with E-state index < -0.39 is 0 Å². The normalized spacial score (nSPS) is 10.4. The summed E-state index contributed by atoms with van der Waals surface area (Å²) < 4.78 is 10.8. The summed E-state index contributed by atoms with van der Waals surface area (Å²) in [4.78, 5) is 23.5. The van der Waals surface area contributed by atoms with Gasteiger partial charge < -0.3 is 14.5 Å². The molecule has 0 saturated carbocycles. The Balaban J connectivity index is 1.99. The molecule has 1 aromatic carbocycles. The number of aryl methyl sites for hydroxylation is 3. The first kappa shape index (κ1) is 16.8. The highest BCUT2D eigenvalue weighted by molar-refractivity contribution is 5.95. The lowest BCUT2D eigenvalue weighted by Crippen LogP contribution is -2.13. The van der Waals surface area contributed by atoms with Crippen molar-refractivity contribution in [3.8, 4) is 5.75 Å². The van der Waals surface area contributed by atoms with Gasteiger partial charge in [-0.05, 0) is 44.5 Å². The number of ether oxygens (including phenoxy) is 1. The second kappa shape index (κ2) is 7.13. The van der Waals surface area contributed by atoms with Crippen LogP contribution in [-0.4, -0.2) is 18.8 Å². The first-order valence-electron chi connectivity index (χ1n) is 7.45. The van der Waals surface area contributed by atoms with Crippen LogP contribution in [0, 0.1) is 13.8 Å². The van der Waals surface area contributed by atoms with Crippen molar-refractivity contribution in [2.75, 3.05) is 12.4 Å². The van der Waals surface area contributed by atoms with Gasteiger partial charge in [0.25, 0.3) is 0 Å². The van der Waals surface area contributed by atoms with E-state index >= 15 is 0 Å². The smallest absolute Gasteiger partial charge is 0.224 e. The molecule has 1 heterocycles.